The predicted octanol–water partition coefficient (Wildman–Crippen LogP) is 3.28. The van der Waals surface area contributed by atoms with E-state index in [1.165, 1.54) is 58.0 Å². The summed E-state index contributed by atoms with van der Waals surface area (Å²) in [6.07, 6.45) is 9.85. The molecule has 106 valence electrons. The Balaban J connectivity index is 1.86. The quantitative estimate of drug-likeness (QED) is 0.748. The third kappa shape index (κ3) is 3.96. The summed E-state index contributed by atoms with van der Waals surface area (Å²) in [5.41, 5.74) is 0. The van der Waals surface area contributed by atoms with Crippen LogP contribution in [0.1, 0.15) is 58.8 Å². The second kappa shape index (κ2) is 6.91. The van der Waals surface area contributed by atoms with Crippen molar-refractivity contribution in [2.75, 3.05) is 20.1 Å². The molecule has 1 N–H and O–H groups in total. The Kier molecular flexibility index (Phi) is 5.50. The van der Waals surface area contributed by atoms with Gasteiger partial charge in [-0.1, -0.05) is 20.3 Å². The maximum absolute atomic E-state index is 3.57. The van der Waals surface area contributed by atoms with Gasteiger partial charge in [-0.2, -0.15) is 0 Å². The maximum atomic E-state index is 3.57. The van der Waals surface area contributed by atoms with E-state index in [1.54, 1.807) is 0 Å². The van der Waals surface area contributed by atoms with Gasteiger partial charge in [-0.3, -0.25) is 0 Å². The number of unbranched alkanes of at least 4 members (excludes halogenated alkanes) is 1. The normalized spacial score (nSPS) is 33.0. The molecular weight excluding hydrogens is 220 g/mol. The molecule has 0 aromatic heterocycles. The lowest BCUT2D eigenvalue weighted by molar-refractivity contribution is 0.142. The molecule has 18 heavy (non-hydrogen) atoms. The van der Waals surface area contributed by atoms with Crippen molar-refractivity contribution in [3.63, 3.8) is 0 Å². The van der Waals surface area contributed by atoms with Gasteiger partial charge in [0.05, 0.1) is 0 Å². The topological polar surface area (TPSA) is 15.3 Å². The summed E-state index contributed by atoms with van der Waals surface area (Å²) in [6.45, 7) is 7.43. The standard InChI is InChI=1S/C16H32N2/c1-4-5-10-18(15-7-8-15)12-14-11-13(2)6-9-16(14)17-3/h13-17H,4-12H2,1-3H3. The van der Waals surface area contributed by atoms with Crippen molar-refractivity contribution >= 4 is 0 Å². The van der Waals surface area contributed by atoms with Crippen molar-refractivity contribution in [2.24, 2.45) is 11.8 Å². The highest BCUT2D eigenvalue weighted by Gasteiger charge is 2.34. The molecule has 2 saturated carbocycles. The minimum Gasteiger partial charge on any atom is -0.317 e. The highest BCUT2D eigenvalue weighted by atomic mass is 15.2. The summed E-state index contributed by atoms with van der Waals surface area (Å²) >= 11 is 0. The third-order valence-corrected chi connectivity index (χ3v) is 4.95. The highest BCUT2D eigenvalue weighted by molar-refractivity contribution is 4.90. The number of nitrogens with one attached hydrogen (secondary N) is 1. The Morgan fingerprint density at radius 1 is 1.17 bits per heavy atom. The van der Waals surface area contributed by atoms with Crippen LogP contribution < -0.4 is 5.32 Å². The van der Waals surface area contributed by atoms with Crippen molar-refractivity contribution in [2.45, 2.75) is 70.9 Å². The van der Waals surface area contributed by atoms with E-state index in [1.807, 2.05) is 0 Å². The molecule has 0 amide bonds. The van der Waals surface area contributed by atoms with E-state index in [0.29, 0.717) is 0 Å². The zero-order chi connectivity index (χ0) is 13.0. The zero-order valence-corrected chi connectivity index (χ0v) is 12.6. The Labute approximate surface area is 114 Å². The van der Waals surface area contributed by atoms with Crippen molar-refractivity contribution in [3.05, 3.63) is 0 Å². The minimum atomic E-state index is 0.768. The number of rotatable bonds is 7. The highest BCUT2D eigenvalue weighted by Crippen LogP contribution is 2.33. The van der Waals surface area contributed by atoms with Crippen LogP contribution in [-0.4, -0.2) is 37.1 Å². The van der Waals surface area contributed by atoms with E-state index in [2.05, 4.69) is 31.1 Å². The first kappa shape index (κ1) is 14.3. The van der Waals surface area contributed by atoms with E-state index in [9.17, 15) is 0 Å². The van der Waals surface area contributed by atoms with Crippen LogP contribution in [0, 0.1) is 11.8 Å². The molecule has 0 spiro atoms. The van der Waals surface area contributed by atoms with E-state index in [-0.39, 0.29) is 0 Å². The summed E-state index contributed by atoms with van der Waals surface area (Å²) in [6, 6.07) is 1.70. The van der Waals surface area contributed by atoms with Gasteiger partial charge in [0.15, 0.2) is 0 Å². The van der Waals surface area contributed by atoms with Gasteiger partial charge < -0.3 is 10.2 Å². The van der Waals surface area contributed by atoms with Crippen LogP contribution >= 0.6 is 0 Å². The van der Waals surface area contributed by atoms with Gasteiger partial charge in [-0.25, -0.2) is 0 Å². The SMILES string of the molecule is CCCCN(CC1CC(C)CCC1NC)C1CC1. The minimum absolute atomic E-state index is 0.768. The second-order valence-electron chi connectivity index (χ2n) is 6.65. The van der Waals surface area contributed by atoms with Crippen molar-refractivity contribution in [1.29, 1.82) is 0 Å². The Morgan fingerprint density at radius 3 is 2.56 bits per heavy atom. The first-order valence-corrected chi connectivity index (χ1v) is 8.15. The summed E-state index contributed by atoms with van der Waals surface area (Å²) in [5.74, 6) is 1.82. The van der Waals surface area contributed by atoms with Gasteiger partial charge in [-0.05, 0) is 64.0 Å². The summed E-state index contributed by atoms with van der Waals surface area (Å²) in [4.78, 5) is 2.80. The number of hydrogen-bond donors (Lipinski definition) is 1. The molecule has 0 saturated heterocycles. The molecule has 2 nitrogen and oxygen atoms in total. The van der Waals surface area contributed by atoms with Crippen LogP contribution in [0.25, 0.3) is 0 Å². The average molecular weight is 252 g/mol. The average Bonchev–Trinajstić information content (AvgIpc) is 3.19. The van der Waals surface area contributed by atoms with Crippen molar-refractivity contribution in [1.82, 2.24) is 10.2 Å². The lowest BCUT2D eigenvalue weighted by Crippen LogP contribution is -2.45. The molecular formula is C16H32N2. The van der Waals surface area contributed by atoms with Crippen molar-refractivity contribution < 1.29 is 0 Å². The molecule has 0 aromatic rings. The molecule has 0 radical (unpaired) electrons. The lowest BCUT2D eigenvalue weighted by atomic mass is 9.78. The molecule has 0 bridgehead atoms. The predicted molar refractivity (Wildman–Crippen MR) is 78.9 cm³/mol. The molecule has 2 aliphatic rings. The maximum Gasteiger partial charge on any atom is 0.0105 e. The van der Waals surface area contributed by atoms with Gasteiger partial charge in [0, 0.05) is 18.6 Å². The second-order valence-corrected chi connectivity index (χ2v) is 6.65. The van der Waals surface area contributed by atoms with E-state index >= 15 is 0 Å². The molecule has 0 heterocycles. The van der Waals surface area contributed by atoms with Crippen LogP contribution in [0.4, 0.5) is 0 Å². The van der Waals surface area contributed by atoms with Gasteiger partial charge in [0.25, 0.3) is 0 Å². The van der Waals surface area contributed by atoms with Gasteiger partial charge in [0.2, 0.25) is 0 Å². The zero-order valence-electron chi connectivity index (χ0n) is 12.6. The van der Waals surface area contributed by atoms with E-state index < -0.39 is 0 Å². The van der Waals surface area contributed by atoms with Gasteiger partial charge in [-0.15, -0.1) is 0 Å². The first-order chi connectivity index (χ1) is 8.74. The van der Waals surface area contributed by atoms with Gasteiger partial charge >= 0.3 is 0 Å². The monoisotopic (exact) mass is 252 g/mol. The molecule has 2 heteroatoms. The lowest BCUT2D eigenvalue weighted by Gasteiger charge is -2.38. The first-order valence-electron chi connectivity index (χ1n) is 8.15. The third-order valence-electron chi connectivity index (χ3n) is 4.95. The summed E-state index contributed by atoms with van der Waals surface area (Å²) in [7, 11) is 2.15. The molecule has 3 unspecified atom stereocenters. The van der Waals surface area contributed by atoms with E-state index in [4.69, 9.17) is 0 Å². The fourth-order valence-corrected chi connectivity index (χ4v) is 3.61. The number of hydrogen-bond acceptors (Lipinski definition) is 2. The van der Waals surface area contributed by atoms with Crippen LogP contribution in [0.15, 0.2) is 0 Å². The smallest absolute Gasteiger partial charge is 0.0105 e. The Hall–Kier alpha value is -0.0800. The molecule has 2 rings (SSSR count). The molecule has 2 aliphatic carbocycles. The fourth-order valence-electron chi connectivity index (χ4n) is 3.61. The molecule has 3 atom stereocenters. The molecule has 2 fully saturated rings. The largest absolute Gasteiger partial charge is 0.317 e. The van der Waals surface area contributed by atoms with Gasteiger partial charge in [0.1, 0.15) is 0 Å². The van der Waals surface area contributed by atoms with Crippen LogP contribution in [0.5, 0.6) is 0 Å². The molecule has 0 aromatic carbocycles. The summed E-state index contributed by atoms with van der Waals surface area (Å²) in [5, 5.41) is 3.57. The number of nitrogens with zero attached hydrogens (tertiary/aromatic N) is 1. The Morgan fingerprint density at radius 2 is 1.94 bits per heavy atom. The van der Waals surface area contributed by atoms with Crippen LogP contribution in [0.2, 0.25) is 0 Å². The summed E-state index contributed by atoms with van der Waals surface area (Å²) < 4.78 is 0. The van der Waals surface area contributed by atoms with Crippen LogP contribution in [-0.2, 0) is 0 Å². The van der Waals surface area contributed by atoms with Crippen molar-refractivity contribution in [3.8, 4) is 0 Å². The fraction of sp³-hybridized carbons (Fsp3) is 1.00. The Bertz CT molecular complexity index is 237. The van der Waals surface area contributed by atoms with E-state index in [0.717, 1.165) is 23.9 Å². The molecule has 0 aliphatic heterocycles. The van der Waals surface area contributed by atoms with Crippen LogP contribution in [0.3, 0.4) is 0 Å².